The van der Waals surface area contributed by atoms with Crippen molar-refractivity contribution in [2.45, 2.75) is 57.9 Å². The summed E-state index contributed by atoms with van der Waals surface area (Å²) in [7, 11) is 0. The second kappa shape index (κ2) is 6.58. The van der Waals surface area contributed by atoms with Crippen LogP contribution in [0.25, 0.3) is 0 Å². The summed E-state index contributed by atoms with van der Waals surface area (Å²) in [6, 6.07) is 2.16. The molecule has 1 aliphatic rings. The van der Waals surface area contributed by atoms with Gasteiger partial charge in [-0.15, -0.1) is 11.3 Å². The molecule has 0 saturated heterocycles. The summed E-state index contributed by atoms with van der Waals surface area (Å²) in [5.74, 6) is -0.192. The highest BCUT2D eigenvalue weighted by atomic mass is 79.9. The maximum Gasteiger partial charge on any atom is 0.217 e. The first-order valence-corrected chi connectivity index (χ1v) is 8.82. The Morgan fingerprint density at radius 3 is 2.60 bits per heavy atom. The van der Waals surface area contributed by atoms with E-state index in [0.717, 1.165) is 23.0 Å². The fraction of sp³-hybridized carbons (Fsp3) is 0.667. The molecule has 0 radical (unpaired) electrons. The SMILES string of the molecule is Cc1cc(C(N)CC2(CC(N)=O)CCCCC2)sc1Br. The molecule has 1 aromatic rings. The van der Waals surface area contributed by atoms with E-state index in [4.69, 9.17) is 11.5 Å². The number of aryl methyl sites for hydroxylation is 1. The molecule has 1 unspecified atom stereocenters. The normalized spacial score (nSPS) is 19.8. The van der Waals surface area contributed by atoms with Crippen molar-refractivity contribution in [3.63, 3.8) is 0 Å². The van der Waals surface area contributed by atoms with Gasteiger partial charge in [-0.2, -0.15) is 0 Å². The van der Waals surface area contributed by atoms with Gasteiger partial charge in [0.1, 0.15) is 0 Å². The van der Waals surface area contributed by atoms with Gasteiger partial charge >= 0.3 is 0 Å². The first-order valence-electron chi connectivity index (χ1n) is 7.22. The molecule has 1 aromatic heterocycles. The van der Waals surface area contributed by atoms with Crippen molar-refractivity contribution in [2.24, 2.45) is 16.9 Å². The van der Waals surface area contributed by atoms with E-state index in [1.54, 1.807) is 11.3 Å². The van der Waals surface area contributed by atoms with E-state index in [1.807, 2.05) is 0 Å². The Morgan fingerprint density at radius 1 is 1.45 bits per heavy atom. The molecule has 1 heterocycles. The van der Waals surface area contributed by atoms with Gasteiger partial charge < -0.3 is 11.5 Å². The summed E-state index contributed by atoms with van der Waals surface area (Å²) in [5, 5.41) is 0. The molecule has 112 valence electrons. The number of carbonyl (C=O) groups excluding carboxylic acids is 1. The Balaban J connectivity index is 2.12. The van der Waals surface area contributed by atoms with Crippen molar-refractivity contribution in [1.82, 2.24) is 0 Å². The van der Waals surface area contributed by atoms with Gasteiger partial charge in [0.2, 0.25) is 5.91 Å². The first kappa shape index (κ1) is 16.0. The monoisotopic (exact) mass is 358 g/mol. The number of hydrogen-bond donors (Lipinski definition) is 2. The minimum absolute atomic E-state index is 0.00227. The fourth-order valence-electron chi connectivity index (χ4n) is 3.36. The van der Waals surface area contributed by atoms with Gasteiger partial charge in [-0.05, 0) is 59.2 Å². The van der Waals surface area contributed by atoms with Crippen molar-refractivity contribution >= 4 is 33.2 Å². The standard InChI is InChI=1S/C15H23BrN2OS/c1-10-7-12(20-14(10)16)11(17)8-15(9-13(18)19)5-3-2-4-6-15/h7,11H,2-6,8-9,17H2,1H3,(H2,18,19). The topological polar surface area (TPSA) is 69.1 Å². The Labute approximate surface area is 133 Å². The third kappa shape index (κ3) is 3.83. The molecule has 1 saturated carbocycles. The van der Waals surface area contributed by atoms with Crippen molar-refractivity contribution in [3.05, 3.63) is 20.3 Å². The molecule has 1 fully saturated rings. The summed E-state index contributed by atoms with van der Waals surface area (Å²) in [6.45, 7) is 2.08. The molecule has 0 aromatic carbocycles. The Kier molecular flexibility index (Phi) is 5.26. The van der Waals surface area contributed by atoms with Gasteiger partial charge in [0.15, 0.2) is 0 Å². The maximum atomic E-state index is 11.4. The summed E-state index contributed by atoms with van der Waals surface area (Å²) in [6.07, 6.45) is 7.14. The molecule has 2 rings (SSSR count). The summed E-state index contributed by atoms with van der Waals surface area (Å²) in [4.78, 5) is 12.6. The van der Waals surface area contributed by atoms with E-state index in [2.05, 4.69) is 28.9 Å². The van der Waals surface area contributed by atoms with E-state index in [-0.39, 0.29) is 17.4 Å². The third-order valence-electron chi connectivity index (χ3n) is 4.36. The zero-order valence-electron chi connectivity index (χ0n) is 12.0. The van der Waals surface area contributed by atoms with E-state index >= 15 is 0 Å². The third-order valence-corrected chi connectivity index (χ3v) is 6.63. The lowest BCUT2D eigenvalue weighted by atomic mass is 9.68. The molecular weight excluding hydrogens is 336 g/mol. The van der Waals surface area contributed by atoms with Gasteiger partial charge in [0, 0.05) is 17.3 Å². The van der Waals surface area contributed by atoms with Crippen LogP contribution in [0.1, 0.15) is 61.4 Å². The molecule has 0 aliphatic heterocycles. The van der Waals surface area contributed by atoms with Crippen LogP contribution in [-0.2, 0) is 4.79 Å². The molecular formula is C15H23BrN2OS. The Hall–Kier alpha value is -0.390. The van der Waals surface area contributed by atoms with Crippen molar-refractivity contribution in [3.8, 4) is 0 Å². The minimum atomic E-state index is -0.192. The summed E-state index contributed by atoms with van der Waals surface area (Å²) in [5.41, 5.74) is 13.1. The van der Waals surface area contributed by atoms with Crippen LogP contribution in [-0.4, -0.2) is 5.91 Å². The molecule has 0 bridgehead atoms. The van der Waals surface area contributed by atoms with E-state index in [1.165, 1.54) is 29.7 Å². The van der Waals surface area contributed by atoms with E-state index in [9.17, 15) is 4.79 Å². The molecule has 3 nitrogen and oxygen atoms in total. The predicted molar refractivity (Wildman–Crippen MR) is 87.6 cm³/mol. The number of carbonyl (C=O) groups is 1. The molecule has 1 aliphatic carbocycles. The fourth-order valence-corrected chi connectivity index (χ4v) is 4.93. The Morgan fingerprint density at radius 2 is 2.10 bits per heavy atom. The average Bonchev–Trinajstić information content (AvgIpc) is 2.69. The highest BCUT2D eigenvalue weighted by Gasteiger charge is 2.35. The van der Waals surface area contributed by atoms with Crippen LogP contribution in [0, 0.1) is 12.3 Å². The number of thiophene rings is 1. The van der Waals surface area contributed by atoms with Gasteiger partial charge in [-0.1, -0.05) is 19.3 Å². The largest absolute Gasteiger partial charge is 0.370 e. The lowest BCUT2D eigenvalue weighted by Gasteiger charge is -2.38. The average molecular weight is 359 g/mol. The van der Waals surface area contributed by atoms with E-state index < -0.39 is 0 Å². The number of nitrogens with two attached hydrogens (primary N) is 2. The quantitative estimate of drug-likeness (QED) is 0.833. The lowest BCUT2D eigenvalue weighted by molar-refractivity contribution is -0.121. The van der Waals surface area contributed by atoms with Gasteiger partial charge in [0.05, 0.1) is 3.79 Å². The van der Waals surface area contributed by atoms with Crippen molar-refractivity contribution < 1.29 is 4.79 Å². The van der Waals surface area contributed by atoms with Gasteiger partial charge in [-0.25, -0.2) is 0 Å². The van der Waals surface area contributed by atoms with Crippen molar-refractivity contribution in [1.29, 1.82) is 0 Å². The highest BCUT2D eigenvalue weighted by Crippen LogP contribution is 2.46. The maximum absolute atomic E-state index is 11.4. The van der Waals surface area contributed by atoms with Crippen LogP contribution < -0.4 is 11.5 Å². The highest BCUT2D eigenvalue weighted by molar-refractivity contribution is 9.11. The molecule has 4 N–H and O–H groups in total. The van der Waals surface area contributed by atoms with Crippen LogP contribution in [0.2, 0.25) is 0 Å². The van der Waals surface area contributed by atoms with Gasteiger partial charge in [0.25, 0.3) is 0 Å². The summed E-state index contributed by atoms with van der Waals surface area (Å²) < 4.78 is 1.15. The van der Waals surface area contributed by atoms with Crippen LogP contribution in [0.5, 0.6) is 0 Å². The zero-order chi connectivity index (χ0) is 14.8. The number of amides is 1. The second-order valence-electron chi connectivity index (χ2n) is 6.12. The number of rotatable bonds is 5. The number of hydrogen-bond acceptors (Lipinski definition) is 3. The van der Waals surface area contributed by atoms with E-state index in [0.29, 0.717) is 6.42 Å². The van der Waals surface area contributed by atoms with Crippen molar-refractivity contribution in [2.75, 3.05) is 0 Å². The molecule has 20 heavy (non-hydrogen) atoms. The van der Waals surface area contributed by atoms with Crippen LogP contribution >= 0.6 is 27.3 Å². The van der Waals surface area contributed by atoms with Gasteiger partial charge in [-0.3, -0.25) is 4.79 Å². The Bertz CT molecular complexity index is 461. The second-order valence-corrected chi connectivity index (χ2v) is 8.52. The molecule has 1 amide bonds. The zero-order valence-corrected chi connectivity index (χ0v) is 14.4. The predicted octanol–water partition coefficient (Wildman–Crippen LogP) is 4.03. The smallest absolute Gasteiger partial charge is 0.217 e. The van der Waals surface area contributed by atoms with Crippen LogP contribution in [0.3, 0.4) is 0 Å². The lowest BCUT2D eigenvalue weighted by Crippen LogP contribution is -2.33. The number of halogens is 1. The minimum Gasteiger partial charge on any atom is -0.370 e. The summed E-state index contributed by atoms with van der Waals surface area (Å²) >= 11 is 5.26. The molecule has 0 spiro atoms. The molecule has 5 heteroatoms. The van der Waals surface area contributed by atoms with Crippen LogP contribution in [0.15, 0.2) is 9.85 Å². The molecule has 1 atom stereocenters. The number of primary amides is 1. The van der Waals surface area contributed by atoms with Crippen LogP contribution in [0.4, 0.5) is 0 Å². The first-order chi connectivity index (χ1) is 9.42.